The molecule has 27 heavy (non-hydrogen) atoms. The van der Waals surface area contributed by atoms with Crippen LogP contribution in [0, 0.1) is 0 Å². The van der Waals surface area contributed by atoms with Crippen LogP contribution in [0.3, 0.4) is 0 Å². The molecule has 2 amide bonds. The van der Waals surface area contributed by atoms with Crippen molar-refractivity contribution in [3.63, 3.8) is 0 Å². The number of hydrogen-bond donors (Lipinski definition) is 1. The highest BCUT2D eigenvalue weighted by molar-refractivity contribution is 6.33. The lowest BCUT2D eigenvalue weighted by Crippen LogP contribution is -2.41. The van der Waals surface area contributed by atoms with Gasteiger partial charge in [0.15, 0.2) is 0 Å². The molecule has 1 aliphatic carbocycles. The maximum Gasteiger partial charge on any atom is 0.321 e. The summed E-state index contributed by atoms with van der Waals surface area (Å²) in [5.74, 6) is 0.578. The maximum atomic E-state index is 12.5. The molecule has 144 valence electrons. The number of nitrogens with zero attached hydrogens (tertiary/aromatic N) is 4. The summed E-state index contributed by atoms with van der Waals surface area (Å²) in [6.45, 7) is 1.42. The fourth-order valence-corrected chi connectivity index (χ4v) is 4.33. The van der Waals surface area contributed by atoms with Gasteiger partial charge in [-0.3, -0.25) is 0 Å². The van der Waals surface area contributed by atoms with Crippen LogP contribution < -0.4 is 5.32 Å². The third-order valence-corrected chi connectivity index (χ3v) is 6.12. The average molecular weight is 388 g/mol. The van der Waals surface area contributed by atoms with Gasteiger partial charge in [0.2, 0.25) is 0 Å². The van der Waals surface area contributed by atoms with Crippen LogP contribution in [0.25, 0.3) is 0 Å². The number of rotatable bonds is 3. The van der Waals surface area contributed by atoms with Crippen LogP contribution in [0.2, 0.25) is 5.02 Å². The number of likely N-dealkylation sites (tertiary alicyclic amines) is 1. The second-order valence-corrected chi connectivity index (χ2v) is 7.99. The Hall–Kier alpha value is -2.08. The first kappa shape index (κ1) is 18.3. The Morgan fingerprint density at radius 1 is 1.07 bits per heavy atom. The molecule has 0 bridgehead atoms. The van der Waals surface area contributed by atoms with Crippen molar-refractivity contribution in [3.8, 4) is 0 Å². The molecule has 6 nitrogen and oxygen atoms in total. The predicted octanol–water partition coefficient (Wildman–Crippen LogP) is 4.85. The molecule has 1 N–H and O–H groups in total. The quantitative estimate of drug-likeness (QED) is 0.818. The fraction of sp³-hybridized carbons (Fsp3) is 0.550. The topological polar surface area (TPSA) is 63.1 Å². The summed E-state index contributed by atoms with van der Waals surface area (Å²) in [5.41, 5.74) is 1.80. The van der Waals surface area contributed by atoms with Crippen molar-refractivity contribution in [3.05, 3.63) is 41.2 Å². The normalized spacial score (nSPS) is 19.2. The van der Waals surface area contributed by atoms with E-state index in [0.29, 0.717) is 35.8 Å². The van der Waals surface area contributed by atoms with Crippen LogP contribution in [0.1, 0.15) is 62.6 Å². The molecule has 0 unspecified atom stereocenters. The highest BCUT2D eigenvalue weighted by atomic mass is 35.5. The lowest BCUT2D eigenvalue weighted by molar-refractivity contribution is 0.179. The number of nitrogens with one attached hydrogen (secondary N) is 1. The number of hydrogen-bond acceptors (Lipinski definition) is 3. The van der Waals surface area contributed by atoms with Crippen molar-refractivity contribution < 1.29 is 4.79 Å². The SMILES string of the molecule is O=C(Nc1ccccc1Cl)N1CCC(n2cc(C3CCCCC3)nn2)CC1. The molecule has 7 heteroatoms. The van der Waals surface area contributed by atoms with Gasteiger partial charge in [0, 0.05) is 25.2 Å². The van der Waals surface area contributed by atoms with Crippen molar-refractivity contribution in [2.24, 2.45) is 0 Å². The number of carbonyl (C=O) groups excluding carboxylic acids is 1. The summed E-state index contributed by atoms with van der Waals surface area (Å²) < 4.78 is 2.02. The minimum absolute atomic E-state index is 0.0944. The molecule has 0 spiro atoms. The molecule has 2 aliphatic rings. The summed E-state index contributed by atoms with van der Waals surface area (Å²) in [4.78, 5) is 14.3. The van der Waals surface area contributed by atoms with Gasteiger partial charge in [-0.15, -0.1) is 5.10 Å². The van der Waals surface area contributed by atoms with Crippen LogP contribution in [0.5, 0.6) is 0 Å². The number of piperidine rings is 1. The van der Waals surface area contributed by atoms with Crippen molar-refractivity contribution in [1.29, 1.82) is 0 Å². The first-order valence-electron chi connectivity index (χ1n) is 9.93. The van der Waals surface area contributed by atoms with E-state index in [4.69, 9.17) is 11.6 Å². The van der Waals surface area contributed by atoms with Gasteiger partial charge in [0.1, 0.15) is 0 Å². The minimum atomic E-state index is -0.0944. The van der Waals surface area contributed by atoms with E-state index in [1.165, 1.54) is 32.1 Å². The number of aromatic nitrogens is 3. The van der Waals surface area contributed by atoms with Crippen molar-refractivity contribution in [2.75, 3.05) is 18.4 Å². The number of halogens is 1. The van der Waals surface area contributed by atoms with Gasteiger partial charge in [-0.1, -0.05) is 48.2 Å². The first-order chi connectivity index (χ1) is 13.2. The lowest BCUT2D eigenvalue weighted by Gasteiger charge is -2.32. The van der Waals surface area contributed by atoms with Gasteiger partial charge in [-0.25, -0.2) is 9.48 Å². The molecule has 1 aromatic carbocycles. The second kappa shape index (κ2) is 8.30. The summed E-state index contributed by atoms with van der Waals surface area (Å²) in [6.07, 6.45) is 10.3. The molecule has 1 aliphatic heterocycles. The Balaban J connectivity index is 1.31. The zero-order valence-corrected chi connectivity index (χ0v) is 16.2. The zero-order chi connectivity index (χ0) is 18.6. The van der Waals surface area contributed by atoms with Crippen molar-refractivity contribution in [2.45, 2.75) is 56.9 Å². The van der Waals surface area contributed by atoms with Crippen LogP contribution in [0.4, 0.5) is 10.5 Å². The molecule has 1 aromatic heterocycles. The molecule has 2 heterocycles. The van der Waals surface area contributed by atoms with Gasteiger partial charge in [0.25, 0.3) is 0 Å². The van der Waals surface area contributed by atoms with Crippen molar-refractivity contribution >= 4 is 23.3 Å². The molecule has 1 saturated carbocycles. The van der Waals surface area contributed by atoms with Gasteiger partial charge in [-0.2, -0.15) is 0 Å². The zero-order valence-electron chi connectivity index (χ0n) is 15.5. The summed E-state index contributed by atoms with van der Waals surface area (Å²) in [6, 6.07) is 7.53. The molecule has 0 atom stereocenters. The Morgan fingerprint density at radius 3 is 2.56 bits per heavy atom. The molecular formula is C20H26ClN5O. The fourth-order valence-electron chi connectivity index (χ4n) is 4.14. The average Bonchev–Trinajstić information content (AvgIpc) is 3.21. The van der Waals surface area contributed by atoms with Crippen molar-refractivity contribution in [1.82, 2.24) is 19.9 Å². The smallest absolute Gasteiger partial charge is 0.321 e. The van der Waals surface area contributed by atoms with E-state index in [1.54, 1.807) is 6.07 Å². The van der Waals surface area contributed by atoms with Gasteiger partial charge in [0.05, 0.1) is 22.4 Å². The summed E-state index contributed by atoms with van der Waals surface area (Å²) in [7, 11) is 0. The minimum Gasteiger partial charge on any atom is -0.324 e. The predicted molar refractivity (Wildman–Crippen MR) is 106 cm³/mol. The molecule has 0 radical (unpaired) electrons. The van der Waals surface area contributed by atoms with E-state index in [2.05, 4.69) is 21.8 Å². The van der Waals surface area contributed by atoms with Crippen LogP contribution in [-0.4, -0.2) is 39.0 Å². The van der Waals surface area contributed by atoms with Crippen LogP contribution in [0.15, 0.2) is 30.5 Å². The van der Waals surface area contributed by atoms with E-state index in [9.17, 15) is 4.79 Å². The Labute approximate surface area is 164 Å². The van der Waals surface area contributed by atoms with Gasteiger partial charge < -0.3 is 10.2 Å². The second-order valence-electron chi connectivity index (χ2n) is 7.59. The standard InChI is InChI=1S/C20H26ClN5O/c21-17-8-4-5-9-18(17)22-20(27)25-12-10-16(11-13-25)26-14-19(23-24-26)15-6-2-1-3-7-15/h4-5,8-9,14-16H,1-3,6-7,10-13H2,(H,22,27). The molecule has 4 rings (SSSR count). The Morgan fingerprint density at radius 2 is 1.81 bits per heavy atom. The van der Waals surface area contributed by atoms with E-state index in [-0.39, 0.29) is 6.03 Å². The number of carbonyl (C=O) groups is 1. The molecule has 1 saturated heterocycles. The van der Waals surface area contributed by atoms with Gasteiger partial charge >= 0.3 is 6.03 Å². The third kappa shape index (κ3) is 4.26. The molecular weight excluding hydrogens is 362 g/mol. The third-order valence-electron chi connectivity index (χ3n) is 5.79. The molecule has 2 fully saturated rings. The summed E-state index contributed by atoms with van der Waals surface area (Å²) in [5, 5.41) is 12.3. The maximum absolute atomic E-state index is 12.5. The van der Waals surface area contributed by atoms with E-state index in [0.717, 1.165) is 18.5 Å². The monoisotopic (exact) mass is 387 g/mol. The number of urea groups is 1. The number of anilines is 1. The highest BCUT2D eigenvalue weighted by Gasteiger charge is 2.26. The van der Waals surface area contributed by atoms with E-state index >= 15 is 0 Å². The van der Waals surface area contributed by atoms with Gasteiger partial charge in [-0.05, 0) is 37.8 Å². The number of amides is 2. The number of para-hydroxylation sites is 1. The van der Waals surface area contributed by atoms with Crippen LogP contribution >= 0.6 is 11.6 Å². The van der Waals surface area contributed by atoms with E-state index < -0.39 is 0 Å². The Bertz CT molecular complexity index is 778. The van der Waals surface area contributed by atoms with Crippen LogP contribution in [-0.2, 0) is 0 Å². The largest absolute Gasteiger partial charge is 0.324 e. The van der Waals surface area contributed by atoms with E-state index in [1.807, 2.05) is 27.8 Å². The Kier molecular flexibility index (Phi) is 5.62. The summed E-state index contributed by atoms with van der Waals surface area (Å²) >= 11 is 6.12. The lowest BCUT2D eigenvalue weighted by atomic mass is 9.87. The molecule has 2 aromatic rings. The first-order valence-corrected chi connectivity index (χ1v) is 10.3. The number of benzene rings is 1. The highest BCUT2D eigenvalue weighted by Crippen LogP contribution is 2.32.